The lowest BCUT2D eigenvalue weighted by atomic mass is 9.82. The SMILES string of the molecule is CCC1CCCC(N(C(=O)c2ccc(CN(CC)c3ccncc3C)cc2)C2CCCC2)C1. The number of carbonyl (C=O) groups excluding carboxylic acids is 1. The van der Waals surface area contributed by atoms with Crippen LogP contribution in [0.3, 0.4) is 0 Å². The first-order chi connectivity index (χ1) is 16.1. The number of nitrogens with zero attached hydrogens (tertiary/aromatic N) is 3. The maximum Gasteiger partial charge on any atom is 0.254 e. The van der Waals surface area contributed by atoms with Crippen molar-refractivity contribution in [2.75, 3.05) is 11.4 Å². The molecule has 4 nitrogen and oxygen atoms in total. The van der Waals surface area contributed by atoms with Gasteiger partial charge in [0.05, 0.1) is 0 Å². The summed E-state index contributed by atoms with van der Waals surface area (Å²) in [5.41, 5.74) is 4.51. The Balaban J connectivity index is 1.50. The van der Waals surface area contributed by atoms with Crippen molar-refractivity contribution in [3.8, 4) is 0 Å². The average Bonchev–Trinajstić information content (AvgIpc) is 3.38. The number of aromatic nitrogens is 1. The zero-order valence-corrected chi connectivity index (χ0v) is 20.8. The Kier molecular flexibility index (Phi) is 8.06. The molecule has 4 rings (SSSR count). The Hall–Kier alpha value is -2.36. The number of rotatable bonds is 8. The summed E-state index contributed by atoms with van der Waals surface area (Å²) in [6.07, 6.45) is 14.9. The highest BCUT2D eigenvalue weighted by molar-refractivity contribution is 5.94. The number of amides is 1. The van der Waals surface area contributed by atoms with Gasteiger partial charge in [0.15, 0.2) is 0 Å². The smallest absolute Gasteiger partial charge is 0.254 e. The molecule has 2 fully saturated rings. The van der Waals surface area contributed by atoms with Gasteiger partial charge in [-0.25, -0.2) is 0 Å². The van der Waals surface area contributed by atoms with Crippen LogP contribution in [0.25, 0.3) is 0 Å². The second-order valence-corrected chi connectivity index (χ2v) is 10.1. The lowest BCUT2D eigenvalue weighted by molar-refractivity contribution is 0.0471. The molecule has 0 bridgehead atoms. The Bertz CT molecular complexity index is 903. The van der Waals surface area contributed by atoms with Crippen molar-refractivity contribution in [2.24, 2.45) is 5.92 Å². The number of hydrogen-bond donors (Lipinski definition) is 0. The number of aryl methyl sites for hydroxylation is 1. The van der Waals surface area contributed by atoms with Crippen LogP contribution < -0.4 is 4.90 Å². The zero-order valence-electron chi connectivity index (χ0n) is 20.8. The van der Waals surface area contributed by atoms with Gasteiger partial charge in [0, 0.05) is 48.8 Å². The third-order valence-electron chi connectivity index (χ3n) is 7.97. The van der Waals surface area contributed by atoms with E-state index >= 15 is 0 Å². The average molecular weight is 448 g/mol. The molecular formula is C29H41N3O. The van der Waals surface area contributed by atoms with Crippen molar-refractivity contribution in [1.82, 2.24) is 9.88 Å². The number of carbonyl (C=O) groups is 1. The summed E-state index contributed by atoms with van der Waals surface area (Å²) >= 11 is 0. The predicted molar refractivity (Wildman–Crippen MR) is 137 cm³/mol. The van der Waals surface area contributed by atoms with Gasteiger partial charge in [-0.1, -0.05) is 51.2 Å². The first-order valence-corrected chi connectivity index (χ1v) is 13.2. The van der Waals surface area contributed by atoms with Crippen molar-refractivity contribution in [3.63, 3.8) is 0 Å². The molecule has 2 aromatic rings. The molecule has 33 heavy (non-hydrogen) atoms. The van der Waals surface area contributed by atoms with Gasteiger partial charge in [-0.3, -0.25) is 9.78 Å². The second-order valence-electron chi connectivity index (χ2n) is 10.1. The van der Waals surface area contributed by atoms with E-state index in [0.29, 0.717) is 12.1 Å². The van der Waals surface area contributed by atoms with E-state index in [1.54, 1.807) is 0 Å². The molecule has 0 aliphatic heterocycles. The Morgan fingerprint density at radius 2 is 1.70 bits per heavy atom. The Morgan fingerprint density at radius 1 is 0.970 bits per heavy atom. The van der Waals surface area contributed by atoms with E-state index in [1.165, 1.54) is 74.6 Å². The number of benzene rings is 1. The molecule has 0 radical (unpaired) electrons. The minimum absolute atomic E-state index is 0.257. The molecule has 1 amide bonds. The fourth-order valence-electron chi connectivity index (χ4n) is 6.01. The maximum absolute atomic E-state index is 13.8. The third kappa shape index (κ3) is 5.59. The molecule has 2 unspecified atom stereocenters. The monoisotopic (exact) mass is 447 g/mol. The molecule has 178 valence electrons. The molecule has 0 N–H and O–H groups in total. The van der Waals surface area contributed by atoms with E-state index in [1.807, 2.05) is 12.4 Å². The molecular weight excluding hydrogens is 406 g/mol. The molecule has 2 aliphatic rings. The molecule has 1 heterocycles. The molecule has 1 aromatic carbocycles. The number of hydrogen-bond acceptors (Lipinski definition) is 3. The lowest BCUT2D eigenvalue weighted by Crippen LogP contribution is -2.48. The third-order valence-corrected chi connectivity index (χ3v) is 7.97. The van der Waals surface area contributed by atoms with Gasteiger partial charge in [0.25, 0.3) is 5.91 Å². The minimum Gasteiger partial charge on any atom is -0.367 e. The van der Waals surface area contributed by atoms with Gasteiger partial charge in [0.1, 0.15) is 0 Å². The van der Waals surface area contributed by atoms with Gasteiger partial charge in [-0.05, 0) is 74.8 Å². The lowest BCUT2D eigenvalue weighted by Gasteiger charge is -2.41. The quantitative estimate of drug-likeness (QED) is 0.448. The summed E-state index contributed by atoms with van der Waals surface area (Å²) in [6, 6.07) is 11.4. The van der Waals surface area contributed by atoms with E-state index in [4.69, 9.17) is 0 Å². The van der Waals surface area contributed by atoms with Gasteiger partial charge in [-0.2, -0.15) is 0 Å². The zero-order chi connectivity index (χ0) is 23.2. The fraction of sp³-hybridized carbons (Fsp3) is 0.586. The van der Waals surface area contributed by atoms with Crippen LogP contribution in [0.4, 0.5) is 5.69 Å². The van der Waals surface area contributed by atoms with E-state index < -0.39 is 0 Å². The van der Waals surface area contributed by atoms with Crippen molar-refractivity contribution >= 4 is 11.6 Å². The Morgan fingerprint density at radius 3 is 2.36 bits per heavy atom. The van der Waals surface area contributed by atoms with Crippen LogP contribution in [0.15, 0.2) is 42.7 Å². The maximum atomic E-state index is 13.8. The summed E-state index contributed by atoms with van der Waals surface area (Å²) in [5.74, 6) is 1.03. The van der Waals surface area contributed by atoms with Gasteiger partial charge in [-0.15, -0.1) is 0 Å². The highest BCUT2D eigenvalue weighted by Crippen LogP contribution is 2.35. The molecule has 2 saturated carbocycles. The van der Waals surface area contributed by atoms with Crippen molar-refractivity contribution in [2.45, 2.75) is 97.2 Å². The summed E-state index contributed by atoms with van der Waals surface area (Å²) in [4.78, 5) is 22.7. The van der Waals surface area contributed by atoms with Crippen LogP contribution in [-0.4, -0.2) is 34.4 Å². The molecule has 4 heteroatoms. The minimum atomic E-state index is 0.257. The summed E-state index contributed by atoms with van der Waals surface area (Å²) in [7, 11) is 0. The van der Waals surface area contributed by atoms with Crippen LogP contribution in [0.1, 0.15) is 93.1 Å². The first kappa shape index (κ1) is 23.8. The second kappa shape index (κ2) is 11.2. The topological polar surface area (TPSA) is 36.4 Å². The molecule has 2 aliphatic carbocycles. The predicted octanol–water partition coefficient (Wildman–Crippen LogP) is 6.77. The van der Waals surface area contributed by atoms with E-state index in [-0.39, 0.29) is 5.91 Å². The van der Waals surface area contributed by atoms with E-state index in [9.17, 15) is 4.79 Å². The number of anilines is 1. The molecule has 2 atom stereocenters. The standard InChI is InChI=1S/C29H41N3O/c1-4-23-9-8-12-27(19-23)32(26-10-6-7-11-26)29(33)25-15-13-24(14-16-25)21-31(5-2)28-17-18-30-20-22(28)3/h13-18,20,23,26-27H,4-12,19,21H2,1-3H3. The van der Waals surface area contributed by atoms with Crippen LogP contribution in [0.2, 0.25) is 0 Å². The van der Waals surface area contributed by atoms with Crippen molar-refractivity contribution < 1.29 is 4.79 Å². The van der Waals surface area contributed by atoms with Crippen LogP contribution in [0.5, 0.6) is 0 Å². The van der Waals surface area contributed by atoms with E-state index in [2.05, 4.69) is 65.9 Å². The van der Waals surface area contributed by atoms with Gasteiger partial charge in [0.2, 0.25) is 0 Å². The van der Waals surface area contributed by atoms with Crippen LogP contribution in [-0.2, 0) is 6.54 Å². The normalized spacial score (nSPS) is 21.2. The van der Waals surface area contributed by atoms with Crippen molar-refractivity contribution in [1.29, 1.82) is 0 Å². The van der Waals surface area contributed by atoms with Crippen LogP contribution >= 0.6 is 0 Å². The fourth-order valence-corrected chi connectivity index (χ4v) is 6.01. The highest BCUT2D eigenvalue weighted by atomic mass is 16.2. The highest BCUT2D eigenvalue weighted by Gasteiger charge is 2.35. The first-order valence-electron chi connectivity index (χ1n) is 13.2. The van der Waals surface area contributed by atoms with Crippen LogP contribution in [0, 0.1) is 12.8 Å². The summed E-state index contributed by atoms with van der Waals surface area (Å²) in [6.45, 7) is 8.37. The molecule has 1 aromatic heterocycles. The Labute approximate surface area is 200 Å². The van der Waals surface area contributed by atoms with Gasteiger partial charge < -0.3 is 9.80 Å². The largest absolute Gasteiger partial charge is 0.367 e. The summed E-state index contributed by atoms with van der Waals surface area (Å²) in [5, 5.41) is 0. The molecule has 0 spiro atoms. The number of pyridine rings is 1. The van der Waals surface area contributed by atoms with Crippen molar-refractivity contribution in [3.05, 3.63) is 59.4 Å². The van der Waals surface area contributed by atoms with E-state index in [0.717, 1.165) is 24.6 Å². The molecule has 0 saturated heterocycles. The summed E-state index contributed by atoms with van der Waals surface area (Å²) < 4.78 is 0. The van der Waals surface area contributed by atoms with Gasteiger partial charge >= 0.3 is 0 Å².